The van der Waals surface area contributed by atoms with Crippen molar-refractivity contribution in [1.82, 2.24) is 4.90 Å². The average molecular weight is 347 g/mol. The van der Waals surface area contributed by atoms with Gasteiger partial charge >= 0.3 is 0 Å². The van der Waals surface area contributed by atoms with Gasteiger partial charge in [0, 0.05) is 19.2 Å². The molecule has 1 amide bonds. The lowest BCUT2D eigenvalue weighted by Crippen LogP contribution is -2.49. The molecule has 132 valence electrons. The van der Waals surface area contributed by atoms with E-state index < -0.39 is 23.1 Å². The molecule has 0 atom stereocenters. The molecule has 1 heterocycles. The summed E-state index contributed by atoms with van der Waals surface area (Å²) in [5.41, 5.74) is -1.19. The zero-order valence-electron chi connectivity index (χ0n) is 13.6. The summed E-state index contributed by atoms with van der Waals surface area (Å²) in [5, 5.41) is 10.6. The Hall–Kier alpha value is -2.47. The number of benzene rings is 2. The highest BCUT2D eigenvalue weighted by Crippen LogP contribution is 2.25. The Morgan fingerprint density at radius 1 is 1.12 bits per heavy atom. The molecule has 0 unspecified atom stereocenters. The number of para-hydroxylation sites is 1. The number of carbonyl (C=O) groups is 1. The van der Waals surface area contributed by atoms with Crippen molar-refractivity contribution in [2.75, 3.05) is 19.7 Å². The molecule has 6 heteroatoms. The molecule has 2 aromatic carbocycles. The van der Waals surface area contributed by atoms with Gasteiger partial charge in [0.1, 0.15) is 29.6 Å². The van der Waals surface area contributed by atoms with Crippen LogP contribution in [0.2, 0.25) is 0 Å². The van der Waals surface area contributed by atoms with Gasteiger partial charge in [-0.25, -0.2) is 8.78 Å². The van der Waals surface area contributed by atoms with Gasteiger partial charge in [0.2, 0.25) is 0 Å². The fraction of sp³-hybridized carbons (Fsp3) is 0.316. The van der Waals surface area contributed by atoms with E-state index in [1.54, 1.807) is 12.1 Å². The standard InChI is InChI=1S/C19H19F2NO3/c20-14-6-7-16(17(21)12-14)18(23)22-10-8-19(24,9-11-22)13-25-15-4-2-1-3-5-15/h1-7,12,24H,8-11,13H2. The molecule has 0 spiro atoms. The molecule has 0 bridgehead atoms. The van der Waals surface area contributed by atoms with E-state index in [2.05, 4.69) is 0 Å². The fourth-order valence-electron chi connectivity index (χ4n) is 2.84. The van der Waals surface area contributed by atoms with E-state index in [1.807, 2.05) is 18.2 Å². The van der Waals surface area contributed by atoms with Crippen molar-refractivity contribution in [2.24, 2.45) is 0 Å². The number of hydrogen-bond donors (Lipinski definition) is 1. The van der Waals surface area contributed by atoms with E-state index in [9.17, 15) is 18.7 Å². The summed E-state index contributed by atoms with van der Waals surface area (Å²) in [6, 6.07) is 12.1. The van der Waals surface area contributed by atoms with Crippen LogP contribution in [0.25, 0.3) is 0 Å². The number of aliphatic hydroxyl groups is 1. The van der Waals surface area contributed by atoms with Gasteiger partial charge in [-0.1, -0.05) is 18.2 Å². The second kappa shape index (κ2) is 7.19. The van der Waals surface area contributed by atoms with Crippen LogP contribution in [0.4, 0.5) is 8.78 Å². The van der Waals surface area contributed by atoms with Gasteiger partial charge in [0.05, 0.1) is 5.56 Å². The SMILES string of the molecule is O=C(c1ccc(F)cc1F)N1CCC(O)(COc2ccccc2)CC1. The lowest BCUT2D eigenvalue weighted by molar-refractivity contribution is -0.0475. The van der Waals surface area contributed by atoms with Crippen LogP contribution in [-0.4, -0.2) is 41.2 Å². The van der Waals surface area contributed by atoms with Gasteiger partial charge in [-0.3, -0.25) is 4.79 Å². The van der Waals surface area contributed by atoms with Gasteiger partial charge < -0.3 is 14.7 Å². The lowest BCUT2D eigenvalue weighted by Gasteiger charge is -2.38. The van der Waals surface area contributed by atoms with Crippen molar-refractivity contribution in [1.29, 1.82) is 0 Å². The number of nitrogens with zero attached hydrogens (tertiary/aromatic N) is 1. The summed E-state index contributed by atoms with van der Waals surface area (Å²) in [6.07, 6.45) is 0.656. The van der Waals surface area contributed by atoms with Gasteiger partial charge in [-0.05, 0) is 37.1 Å². The number of piperidine rings is 1. The van der Waals surface area contributed by atoms with Crippen LogP contribution < -0.4 is 4.74 Å². The summed E-state index contributed by atoms with van der Waals surface area (Å²) in [7, 11) is 0. The maximum absolute atomic E-state index is 13.8. The third-order valence-corrected chi connectivity index (χ3v) is 4.39. The first-order chi connectivity index (χ1) is 12.0. The Labute approximate surface area is 144 Å². The fourth-order valence-corrected chi connectivity index (χ4v) is 2.84. The number of amides is 1. The molecule has 0 radical (unpaired) electrons. The van der Waals surface area contributed by atoms with Crippen molar-refractivity contribution in [3.05, 3.63) is 65.7 Å². The molecule has 25 heavy (non-hydrogen) atoms. The predicted octanol–water partition coefficient (Wildman–Crippen LogP) is 3.01. The Morgan fingerprint density at radius 2 is 1.80 bits per heavy atom. The van der Waals surface area contributed by atoms with Crippen LogP contribution in [0.1, 0.15) is 23.2 Å². The zero-order valence-corrected chi connectivity index (χ0v) is 13.6. The summed E-state index contributed by atoms with van der Waals surface area (Å²) in [4.78, 5) is 13.8. The number of rotatable bonds is 4. The normalized spacial score (nSPS) is 16.5. The van der Waals surface area contributed by atoms with Crippen LogP contribution in [0.3, 0.4) is 0 Å². The smallest absolute Gasteiger partial charge is 0.256 e. The van der Waals surface area contributed by atoms with Crippen LogP contribution in [0.5, 0.6) is 5.75 Å². The van der Waals surface area contributed by atoms with E-state index >= 15 is 0 Å². The van der Waals surface area contributed by atoms with Crippen molar-refractivity contribution < 1.29 is 23.4 Å². The Balaban J connectivity index is 1.58. The van der Waals surface area contributed by atoms with Gasteiger partial charge in [0.15, 0.2) is 0 Å². The molecule has 1 aliphatic heterocycles. The third kappa shape index (κ3) is 4.14. The molecule has 4 nitrogen and oxygen atoms in total. The van der Waals surface area contributed by atoms with E-state index in [4.69, 9.17) is 4.74 Å². The van der Waals surface area contributed by atoms with Crippen LogP contribution in [0.15, 0.2) is 48.5 Å². The first-order valence-electron chi connectivity index (χ1n) is 8.11. The first kappa shape index (κ1) is 17.4. The van der Waals surface area contributed by atoms with Crippen molar-refractivity contribution in [2.45, 2.75) is 18.4 Å². The number of halogens is 2. The second-order valence-electron chi connectivity index (χ2n) is 6.24. The molecule has 1 saturated heterocycles. The van der Waals surface area contributed by atoms with Crippen LogP contribution in [-0.2, 0) is 0 Å². The minimum atomic E-state index is -1.03. The molecule has 0 saturated carbocycles. The predicted molar refractivity (Wildman–Crippen MR) is 88.4 cm³/mol. The van der Waals surface area contributed by atoms with Gasteiger partial charge in [-0.15, -0.1) is 0 Å². The molecule has 1 aliphatic rings. The van der Waals surface area contributed by atoms with Crippen LogP contribution >= 0.6 is 0 Å². The first-order valence-corrected chi connectivity index (χ1v) is 8.11. The van der Waals surface area contributed by atoms with E-state index in [1.165, 1.54) is 4.90 Å². The van der Waals surface area contributed by atoms with Crippen molar-refractivity contribution >= 4 is 5.91 Å². The minimum Gasteiger partial charge on any atom is -0.491 e. The molecule has 2 aromatic rings. The Bertz CT molecular complexity index is 744. The van der Waals surface area contributed by atoms with Crippen molar-refractivity contribution in [3.63, 3.8) is 0 Å². The van der Waals surface area contributed by atoms with Crippen LogP contribution in [0, 0.1) is 11.6 Å². The highest BCUT2D eigenvalue weighted by Gasteiger charge is 2.35. The molecule has 0 aromatic heterocycles. The van der Waals surface area contributed by atoms with Gasteiger partial charge in [0.25, 0.3) is 5.91 Å². The highest BCUT2D eigenvalue weighted by molar-refractivity contribution is 5.94. The maximum Gasteiger partial charge on any atom is 0.256 e. The topological polar surface area (TPSA) is 49.8 Å². The summed E-state index contributed by atoms with van der Waals surface area (Å²) >= 11 is 0. The van der Waals surface area contributed by atoms with Crippen molar-refractivity contribution in [3.8, 4) is 5.75 Å². The Kier molecular flexibility index (Phi) is 4.99. The average Bonchev–Trinajstić information content (AvgIpc) is 2.61. The highest BCUT2D eigenvalue weighted by atomic mass is 19.1. The van der Waals surface area contributed by atoms with E-state index in [0.717, 1.165) is 12.1 Å². The maximum atomic E-state index is 13.8. The lowest BCUT2D eigenvalue weighted by atomic mass is 9.92. The monoisotopic (exact) mass is 347 g/mol. The summed E-state index contributed by atoms with van der Waals surface area (Å²) in [6.45, 7) is 0.693. The minimum absolute atomic E-state index is 0.129. The molecular formula is C19H19F2NO3. The quantitative estimate of drug-likeness (QED) is 0.925. The van der Waals surface area contributed by atoms with E-state index in [-0.39, 0.29) is 25.3 Å². The molecule has 1 N–H and O–H groups in total. The largest absolute Gasteiger partial charge is 0.491 e. The molecule has 0 aliphatic carbocycles. The zero-order chi connectivity index (χ0) is 17.9. The summed E-state index contributed by atoms with van der Waals surface area (Å²) < 4.78 is 32.3. The molecule has 3 rings (SSSR count). The number of carbonyl (C=O) groups excluding carboxylic acids is 1. The Morgan fingerprint density at radius 3 is 2.44 bits per heavy atom. The number of ether oxygens (including phenoxy) is 1. The van der Waals surface area contributed by atoms with E-state index in [0.29, 0.717) is 24.7 Å². The summed E-state index contributed by atoms with van der Waals surface area (Å²) in [5.74, 6) is -1.43. The number of likely N-dealkylation sites (tertiary alicyclic amines) is 1. The molecule has 1 fully saturated rings. The number of hydrogen-bond acceptors (Lipinski definition) is 3. The third-order valence-electron chi connectivity index (χ3n) is 4.39. The van der Waals surface area contributed by atoms with Gasteiger partial charge in [-0.2, -0.15) is 0 Å². The molecular weight excluding hydrogens is 328 g/mol. The second-order valence-corrected chi connectivity index (χ2v) is 6.24.